The van der Waals surface area contributed by atoms with Crippen molar-refractivity contribution in [3.63, 3.8) is 0 Å². The number of aryl methyl sites for hydroxylation is 3. The molecule has 0 aliphatic rings. The van der Waals surface area contributed by atoms with E-state index in [1.165, 1.54) is 22.2 Å². The number of furan rings is 1. The summed E-state index contributed by atoms with van der Waals surface area (Å²) in [5, 5.41) is 1.10. The van der Waals surface area contributed by atoms with Gasteiger partial charge in [0.1, 0.15) is 23.0 Å². The molecule has 0 fully saturated rings. The van der Waals surface area contributed by atoms with Crippen molar-refractivity contribution in [2.45, 2.75) is 34.2 Å². The lowest BCUT2D eigenvalue weighted by Gasteiger charge is -2.04. The Kier molecular flexibility index (Phi) is 4.23. The number of carbonyl (C=O) groups excluding carboxylic acids is 1. The van der Waals surface area contributed by atoms with Crippen LogP contribution in [-0.4, -0.2) is 27.1 Å². The molecule has 3 rings (SSSR count). The smallest absolute Gasteiger partial charge is 0.342 e. The molecule has 0 N–H and O–H groups in total. The Bertz CT molecular complexity index is 983. The molecule has 0 aliphatic heterocycles. The molecule has 8 heteroatoms. The molecule has 0 radical (unpaired) electrons. The molecule has 0 unspecified atom stereocenters. The van der Waals surface area contributed by atoms with E-state index in [2.05, 4.69) is 9.97 Å². The van der Waals surface area contributed by atoms with Crippen molar-refractivity contribution >= 4 is 28.4 Å². The third kappa shape index (κ3) is 2.73. The second-order valence-corrected chi connectivity index (χ2v) is 6.64. The average molecular weight is 347 g/mol. The summed E-state index contributed by atoms with van der Waals surface area (Å²) in [4.78, 5) is 34.5. The van der Waals surface area contributed by atoms with Gasteiger partial charge in [-0.15, -0.1) is 11.3 Å². The fourth-order valence-corrected chi connectivity index (χ4v) is 3.51. The summed E-state index contributed by atoms with van der Waals surface area (Å²) < 4.78 is 11.9. The summed E-state index contributed by atoms with van der Waals surface area (Å²) in [6, 6.07) is 0. The lowest BCUT2D eigenvalue weighted by atomic mass is 10.2. The lowest BCUT2D eigenvalue weighted by molar-refractivity contribution is 0.0526. The average Bonchev–Trinajstić information content (AvgIpc) is 3.01. The van der Waals surface area contributed by atoms with Gasteiger partial charge in [0.05, 0.1) is 23.9 Å². The van der Waals surface area contributed by atoms with Gasteiger partial charge in [-0.25, -0.2) is 14.8 Å². The van der Waals surface area contributed by atoms with Gasteiger partial charge in [-0.3, -0.25) is 9.36 Å². The van der Waals surface area contributed by atoms with Gasteiger partial charge in [0, 0.05) is 4.88 Å². The largest absolute Gasteiger partial charge is 0.462 e. The maximum atomic E-state index is 12.8. The minimum absolute atomic E-state index is 0.147. The van der Waals surface area contributed by atoms with Crippen LogP contribution in [0, 0.1) is 20.8 Å². The van der Waals surface area contributed by atoms with E-state index in [0.29, 0.717) is 12.3 Å². The zero-order valence-corrected chi connectivity index (χ0v) is 14.7. The van der Waals surface area contributed by atoms with Crippen LogP contribution in [0.15, 0.2) is 15.5 Å². The molecule has 3 heterocycles. The summed E-state index contributed by atoms with van der Waals surface area (Å²) in [6.45, 7) is 7.73. The first-order chi connectivity index (χ1) is 11.4. The Morgan fingerprint density at radius 1 is 1.38 bits per heavy atom. The van der Waals surface area contributed by atoms with Crippen molar-refractivity contribution in [1.82, 2.24) is 14.5 Å². The van der Waals surface area contributed by atoms with E-state index in [4.69, 9.17) is 9.15 Å². The van der Waals surface area contributed by atoms with Crippen molar-refractivity contribution < 1.29 is 13.9 Å². The summed E-state index contributed by atoms with van der Waals surface area (Å²) >= 11 is 1.53. The second-order valence-electron chi connectivity index (χ2n) is 5.35. The number of esters is 1. The van der Waals surface area contributed by atoms with E-state index in [1.807, 2.05) is 13.8 Å². The van der Waals surface area contributed by atoms with Crippen molar-refractivity contribution in [2.75, 3.05) is 6.61 Å². The predicted octanol–water partition coefficient (Wildman–Crippen LogP) is 2.60. The molecule has 0 atom stereocenters. The van der Waals surface area contributed by atoms with Crippen LogP contribution >= 0.6 is 11.3 Å². The highest BCUT2D eigenvalue weighted by Gasteiger charge is 2.24. The van der Waals surface area contributed by atoms with Gasteiger partial charge in [0.25, 0.3) is 5.56 Å². The first-order valence-corrected chi connectivity index (χ1v) is 8.32. The fraction of sp³-hybridized carbons (Fsp3) is 0.375. The number of ether oxygens (including phenoxy) is 1. The summed E-state index contributed by atoms with van der Waals surface area (Å²) in [6.07, 6.45) is 1.43. The van der Waals surface area contributed by atoms with Gasteiger partial charge in [0.2, 0.25) is 5.71 Å². The Hall–Kier alpha value is -2.48. The molecule has 0 aliphatic carbocycles. The summed E-state index contributed by atoms with van der Waals surface area (Å²) in [5.41, 5.74) is 0.855. The molecule has 126 valence electrons. The van der Waals surface area contributed by atoms with Crippen LogP contribution in [0.1, 0.15) is 38.6 Å². The minimum Gasteiger partial charge on any atom is -0.462 e. The monoisotopic (exact) mass is 347 g/mol. The van der Waals surface area contributed by atoms with Crippen molar-refractivity contribution in [3.05, 3.63) is 43.6 Å². The number of hydrogen-bond acceptors (Lipinski definition) is 7. The van der Waals surface area contributed by atoms with Gasteiger partial charge in [0.15, 0.2) is 0 Å². The highest BCUT2D eigenvalue weighted by atomic mass is 32.1. The van der Waals surface area contributed by atoms with E-state index in [-0.39, 0.29) is 28.8 Å². The number of hydrogen-bond donors (Lipinski definition) is 0. The van der Waals surface area contributed by atoms with Crippen LogP contribution < -0.4 is 5.56 Å². The van der Waals surface area contributed by atoms with Gasteiger partial charge < -0.3 is 9.15 Å². The van der Waals surface area contributed by atoms with Crippen molar-refractivity contribution in [1.29, 1.82) is 0 Å². The Labute approximate surface area is 141 Å². The minimum atomic E-state index is -0.574. The van der Waals surface area contributed by atoms with Crippen LogP contribution in [0.2, 0.25) is 0 Å². The van der Waals surface area contributed by atoms with E-state index in [0.717, 1.165) is 15.6 Å². The first-order valence-electron chi connectivity index (χ1n) is 7.51. The van der Waals surface area contributed by atoms with Gasteiger partial charge >= 0.3 is 5.97 Å². The van der Waals surface area contributed by atoms with Gasteiger partial charge in [-0.1, -0.05) is 0 Å². The number of aromatic nitrogens is 3. The molecule has 24 heavy (non-hydrogen) atoms. The molecule has 0 saturated carbocycles. The maximum absolute atomic E-state index is 12.8. The predicted molar refractivity (Wildman–Crippen MR) is 89.7 cm³/mol. The zero-order valence-electron chi connectivity index (χ0n) is 13.9. The Morgan fingerprint density at radius 2 is 2.12 bits per heavy atom. The van der Waals surface area contributed by atoms with Crippen LogP contribution in [-0.2, 0) is 11.3 Å². The van der Waals surface area contributed by atoms with Crippen molar-refractivity contribution in [2.24, 2.45) is 0 Å². The Balaban J connectivity index is 2.13. The van der Waals surface area contributed by atoms with Crippen LogP contribution in [0.4, 0.5) is 0 Å². The highest BCUT2D eigenvalue weighted by Crippen LogP contribution is 2.23. The van der Waals surface area contributed by atoms with Gasteiger partial charge in [-0.2, -0.15) is 0 Å². The molecule has 0 bridgehead atoms. The maximum Gasteiger partial charge on any atom is 0.342 e. The normalized spacial score (nSPS) is 11.2. The summed E-state index contributed by atoms with van der Waals surface area (Å²) in [7, 11) is 0. The van der Waals surface area contributed by atoms with Gasteiger partial charge in [-0.05, 0) is 27.7 Å². The molecular formula is C16H17N3O4S. The molecule has 3 aromatic heterocycles. The van der Waals surface area contributed by atoms with Crippen LogP contribution in [0.3, 0.4) is 0 Å². The number of fused-ring (bicyclic) bond motifs is 1. The number of carbonyl (C=O) groups is 1. The van der Waals surface area contributed by atoms with E-state index < -0.39 is 5.97 Å². The van der Waals surface area contributed by atoms with Crippen LogP contribution in [0.25, 0.3) is 11.1 Å². The Morgan fingerprint density at radius 3 is 2.75 bits per heavy atom. The van der Waals surface area contributed by atoms with E-state index in [1.54, 1.807) is 13.8 Å². The SMILES string of the molecule is CCOC(=O)c1c(C)oc2ncn(Cc3sc(C)nc3C)c(=O)c12. The standard InChI is InChI=1S/C16H17N3O4S/c1-5-22-16(21)12-9(3)23-14-13(12)15(20)19(7-17-14)6-11-8(2)18-10(4)24-11/h7H,5-6H2,1-4H3. The molecule has 0 saturated heterocycles. The third-order valence-corrected chi connectivity index (χ3v) is 4.71. The first kappa shape index (κ1) is 16.4. The molecule has 7 nitrogen and oxygen atoms in total. The highest BCUT2D eigenvalue weighted by molar-refractivity contribution is 7.11. The fourth-order valence-electron chi connectivity index (χ4n) is 2.57. The topological polar surface area (TPSA) is 87.2 Å². The van der Waals surface area contributed by atoms with E-state index in [9.17, 15) is 9.59 Å². The number of thiazole rings is 1. The second kappa shape index (κ2) is 6.20. The zero-order chi connectivity index (χ0) is 17.4. The lowest BCUT2D eigenvalue weighted by Crippen LogP contribution is -2.22. The molecule has 0 amide bonds. The number of rotatable bonds is 4. The van der Waals surface area contributed by atoms with Crippen LogP contribution in [0.5, 0.6) is 0 Å². The van der Waals surface area contributed by atoms with E-state index >= 15 is 0 Å². The number of nitrogens with zero attached hydrogens (tertiary/aromatic N) is 3. The molecule has 3 aromatic rings. The molecule has 0 spiro atoms. The molecular weight excluding hydrogens is 330 g/mol. The van der Waals surface area contributed by atoms with Crippen molar-refractivity contribution in [3.8, 4) is 0 Å². The quantitative estimate of drug-likeness (QED) is 0.674. The third-order valence-electron chi connectivity index (χ3n) is 3.65. The molecule has 0 aromatic carbocycles. The summed E-state index contributed by atoms with van der Waals surface area (Å²) in [5.74, 6) is -0.245.